The number of benzene rings is 1. The minimum atomic E-state index is -0.325. The summed E-state index contributed by atoms with van der Waals surface area (Å²) in [5.74, 6) is -0.248. The highest BCUT2D eigenvalue weighted by molar-refractivity contribution is 8.01. The van der Waals surface area contributed by atoms with Crippen molar-refractivity contribution in [2.24, 2.45) is 5.73 Å². The number of thioether (sulfide) groups is 1. The Balaban J connectivity index is 2.19. The molecule has 1 heterocycles. The number of hydrogen-bond acceptors (Lipinski definition) is 7. The van der Waals surface area contributed by atoms with Crippen LogP contribution in [-0.4, -0.2) is 21.3 Å². The van der Waals surface area contributed by atoms with E-state index < -0.39 is 0 Å². The Labute approximate surface area is 157 Å². The number of allylic oxidation sites excluding steroid dienone is 2. The fourth-order valence-corrected chi connectivity index (χ4v) is 4.17. The predicted octanol–water partition coefficient (Wildman–Crippen LogP) is 4.04. The molecule has 0 saturated carbocycles. The van der Waals surface area contributed by atoms with Crippen LogP contribution in [0.15, 0.2) is 33.8 Å². The van der Waals surface area contributed by atoms with Gasteiger partial charge in [-0.3, -0.25) is 4.79 Å². The van der Waals surface area contributed by atoms with Crippen LogP contribution in [0.2, 0.25) is 5.02 Å². The Morgan fingerprint density at radius 2 is 2.29 bits per heavy atom. The first-order valence-electron chi connectivity index (χ1n) is 6.72. The summed E-state index contributed by atoms with van der Waals surface area (Å²) in [5, 5.41) is 14.0. The average Bonchev–Trinajstić information content (AvgIpc) is 2.89. The van der Waals surface area contributed by atoms with E-state index in [-0.39, 0.29) is 22.8 Å². The Morgan fingerprint density at radius 3 is 2.88 bits per heavy atom. The number of rotatable bonds is 5. The molecule has 0 aliphatic rings. The zero-order valence-corrected chi connectivity index (χ0v) is 16.1. The lowest BCUT2D eigenvalue weighted by Crippen LogP contribution is -2.10. The van der Waals surface area contributed by atoms with Crippen molar-refractivity contribution in [3.05, 3.63) is 44.0 Å². The van der Waals surface area contributed by atoms with E-state index >= 15 is 0 Å². The van der Waals surface area contributed by atoms with E-state index in [4.69, 9.17) is 34.8 Å². The normalized spacial score (nSPS) is 11.8. The standard InChI is InChI=1S/C15H13ClN4OS3/c1-8-3-4-10(5-12(8)16)20-15(22)24-14(19-20)23-7-13(21)11(6-17)9(2)18/h3-5H,7,18H2,1-2H3. The number of nitriles is 1. The molecule has 2 aromatic rings. The highest BCUT2D eigenvalue weighted by Gasteiger charge is 2.14. The van der Waals surface area contributed by atoms with Crippen LogP contribution in [0, 0.1) is 22.2 Å². The van der Waals surface area contributed by atoms with E-state index in [9.17, 15) is 4.79 Å². The number of hydrogen-bond donors (Lipinski definition) is 1. The van der Waals surface area contributed by atoms with Gasteiger partial charge in [-0.1, -0.05) is 40.8 Å². The van der Waals surface area contributed by atoms with Gasteiger partial charge >= 0.3 is 0 Å². The largest absolute Gasteiger partial charge is 0.401 e. The molecule has 2 N–H and O–H groups in total. The molecule has 24 heavy (non-hydrogen) atoms. The summed E-state index contributed by atoms with van der Waals surface area (Å²) >= 11 is 14.0. The number of carbonyl (C=O) groups excluding carboxylic acids is 1. The van der Waals surface area contributed by atoms with Crippen LogP contribution in [0.25, 0.3) is 5.69 Å². The van der Waals surface area contributed by atoms with Gasteiger partial charge in [0.1, 0.15) is 11.6 Å². The summed E-state index contributed by atoms with van der Waals surface area (Å²) in [6.45, 7) is 3.44. The number of nitrogens with zero attached hydrogens (tertiary/aromatic N) is 3. The molecular weight excluding hydrogens is 384 g/mol. The monoisotopic (exact) mass is 396 g/mol. The van der Waals surface area contributed by atoms with E-state index in [1.165, 1.54) is 30.0 Å². The molecular formula is C15H13ClN4OS3. The number of ketones is 1. The second-order valence-corrected chi connectivity index (χ2v) is 8.11. The van der Waals surface area contributed by atoms with Crippen molar-refractivity contribution >= 4 is 52.7 Å². The van der Waals surface area contributed by atoms with E-state index in [1.54, 1.807) is 10.7 Å². The number of nitrogens with two attached hydrogens (primary N) is 1. The first kappa shape index (κ1) is 18.7. The third-order valence-electron chi connectivity index (χ3n) is 3.04. The smallest absolute Gasteiger partial charge is 0.185 e. The Hall–Kier alpha value is -1.66. The highest BCUT2D eigenvalue weighted by atomic mass is 35.5. The van der Waals surface area contributed by atoms with Gasteiger partial charge in [0.25, 0.3) is 0 Å². The second-order valence-electron chi connectivity index (χ2n) is 4.86. The van der Waals surface area contributed by atoms with Gasteiger partial charge in [-0.15, -0.1) is 5.10 Å². The van der Waals surface area contributed by atoms with Crippen molar-refractivity contribution in [1.82, 2.24) is 9.78 Å². The number of halogens is 1. The molecule has 2 rings (SSSR count). The maximum atomic E-state index is 12.0. The Kier molecular flexibility index (Phi) is 6.18. The summed E-state index contributed by atoms with van der Waals surface area (Å²) in [6, 6.07) is 7.39. The van der Waals surface area contributed by atoms with Gasteiger partial charge in [0.2, 0.25) is 0 Å². The lowest BCUT2D eigenvalue weighted by molar-refractivity contribution is -0.112. The second kappa shape index (κ2) is 7.94. The van der Waals surface area contributed by atoms with E-state index in [2.05, 4.69) is 5.10 Å². The van der Waals surface area contributed by atoms with E-state index in [0.717, 1.165) is 11.3 Å². The zero-order chi connectivity index (χ0) is 17.9. The fourth-order valence-electron chi connectivity index (χ4n) is 1.77. The number of Topliss-reactive ketones (excluding diaryl/α,β-unsaturated/α-hetero) is 1. The summed E-state index contributed by atoms with van der Waals surface area (Å²) in [6.07, 6.45) is 0. The SMILES string of the molecule is CC(N)=C(C#N)C(=O)CSc1nn(-c2ccc(C)c(Cl)c2)c(=S)s1. The van der Waals surface area contributed by atoms with Crippen molar-refractivity contribution in [3.8, 4) is 11.8 Å². The van der Waals surface area contributed by atoms with Crippen LogP contribution in [-0.2, 0) is 4.79 Å². The van der Waals surface area contributed by atoms with Crippen LogP contribution in [0.5, 0.6) is 0 Å². The molecule has 124 valence electrons. The van der Waals surface area contributed by atoms with Gasteiger partial charge in [0, 0.05) is 10.7 Å². The molecule has 5 nitrogen and oxygen atoms in total. The molecule has 0 fully saturated rings. The molecule has 0 unspecified atom stereocenters. The van der Waals surface area contributed by atoms with Crippen molar-refractivity contribution in [2.75, 3.05) is 5.75 Å². The third kappa shape index (κ3) is 4.24. The van der Waals surface area contributed by atoms with E-state index in [1.807, 2.05) is 25.1 Å². The predicted molar refractivity (Wildman–Crippen MR) is 100 cm³/mol. The zero-order valence-electron chi connectivity index (χ0n) is 12.9. The van der Waals surface area contributed by atoms with Crippen molar-refractivity contribution in [3.63, 3.8) is 0 Å². The van der Waals surface area contributed by atoms with Crippen molar-refractivity contribution in [1.29, 1.82) is 5.26 Å². The van der Waals surface area contributed by atoms with Crippen LogP contribution < -0.4 is 5.73 Å². The Morgan fingerprint density at radius 1 is 1.58 bits per heavy atom. The van der Waals surface area contributed by atoms with Crippen molar-refractivity contribution in [2.45, 2.75) is 18.2 Å². The van der Waals surface area contributed by atoms with Crippen molar-refractivity contribution < 1.29 is 4.79 Å². The molecule has 0 aliphatic heterocycles. The summed E-state index contributed by atoms with van der Waals surface area (Å²) < 4.78 is 2.79. The molecule has 0 amide bonds. The third-order valence-corrected chi connectivity index (χ3v) is 5.81. The molecule has 0 saturated heterocycles. The number of aromatic nitrogens is 2. The van der Waals surface area contributed by atoms with Crippen LogP contribution in [0.1, 0.15) is 12.5 Å². The molecule has 0 radical (unpaired) electrons. The van der Waals surface area contributed by atoms with Crippen LogP contribution in [0.3, 0.4) is 0 Å². The minimum absolute atomic E-state index is 0.0177. The summed E-state index contributed by atoms with van der Waals surface area (Å²) in [7, 11) is 0. The van der Waals surface area contributed by atoms with E-state index in [0.29, 0.717) is 13.3 Å². The number of aryl methyl sites for hydroxylation is 1. The van der Waals surface area contributed by atoms with Crippen LogP contribution >= 0.6 is 46.9 Å². The van der Waals surface area contributed by atoms with Gasteiger partial charge in [-0.25, -0.2) is 4.68 Å². The molecule has 9 heteroatoms. The first-order valence-corrected chi connectivity index (χ1v) is 9.31. The lowest BCUT2D eigenvalue weighted by Gasteiger charge is -2.03. The lowest BCUT2D eigenvalue weighted by atomic mass is 10.2. The molecule has 0 spiro atoms. The minimum Gasteiger partial charge on any atom is -0.401 e. The maximum Gasteiger partial charge on any atom is 0.185 e. The topological polar surface area (TPSA) is 84.7 Å². The molecule has 0 aliphatic carbocycles. The molecule has 1 aromatic heterocycles. The van der Waals surface area contributed by atoms with Gasteiger partial charge < -0.3 is 5.73 Å². The maximum absolute atomic E-state index is 12.0. The van der Waals surface area contributed by atoms with Gasteiger partial charge in [-0.2, -0.15) is 5.26 Å². The fraction of sp³-hybridized carbons (Fsp3) is 0.200. The summed E-state index contributed by atoms with van der Waals surface area (Å²) in [4.78, 5) is 12.0. The van der Waals surface area contributed by atoms with Gasteiger partial charge in [-0.05, 0) is 43.8 Å². The molecule has 0 bridgehead atoms. The highest BCUT2D eigenvalue weighted by Crippen LogP contribution is 2.26. The first-order chi connectivity index (χ1) is 11.3. The van der Waals surface area contributed by atoms with Crippen LogP contribution in [0.4, 0.5) is 0 Å². The summed E-state index contributed by atoms with van der Waals surface area (Å²) in [5.41, 5.74) is 7.46. The molecule has 1 aromatic carbocycles. The number of carbonyl (C=O) groups is 1. The average molecular weight is 397 g/mol. The van der Waals surface area contributed by atoms with Gasteiger partial charge in [0.05, 0.1) is 11.4 Å². The van der Waals surface area contributed by atoms with Gasteiger partial charge in [0.15, 0.2) is 14.1 Å². The Bertz CT molecular complexity index is 920. The molecule has 0 atom stereocenters. The quantitative estimate of drug-likeness (QED) is 0.355.